The van der Waals surface area contributed by atoms with Gasteiger partial charge in [-0.05, 0) is 13.3 Å². The normalized spacial score (nSPS) is 12.2. The SMILES string of the molecule is COCCC(C)Nc1nc(NN)nc(-n2ccnc2)n1. The third kappa shape index (κ3) is 3.62. The lowest BCUT2D eigenvalue weighted by Crippen LogP contribution is -2.21. The summed E-state index contributed by atoms with van der Waals surface area (Å²) in [4.78, 5) is 16.6. The molecule has 9 nitrogen and oxygen atoms in total. The van der Waals surface area contributed by atoms with Crippen LogP contribution in [0.1, 0.15) is 13.3 Å². The first kappa shape index (κ1) is 14.2. The minimum Gasteiger partial charge on any atom is -0.385 e. The Morgan fingerprint density at radius 1 is 1.35 bits per heavy atom. The maximum absolute atomic E-state index is 5.38. The second-order valence-electron chi connectivity index (χ2n) is 4.22. The molecule has 0 saturated heterocycles. The molecule has 1 atom stereocenters. The molecule has 0 spiro atoms. The molecule has 2 aromatic heterocycles. The van der Waals surface area contributed by atoms with Crippen molar-refractivity contribution in [2.45, 2.75) is 19.4 Å². The Morgan fingerprint density at radius 3 is 2.80 bits per heavy atom. The first-order chi connectivity index (χ1) is 9.72. The van der Waals surface area contributed by atoms with Crippen molar-refractivity contribution in [1.29, 1.82) is 0 Å². The molecule has 0 amide bonds. The Labute approximate surface area is 116 Å². The molecule has 0 aliphatic rings. The van der Waals surface area contributed by atoms with Crippen LogP contribution in [0.4, 0.5) is 11.9 Å². The van der Waals surface area contributed by atoms with E-state index in [9.17, 15) is 0 Å². The van der Waals surface area contributed by atoms with Crippen LogP contribution in [0.15, 0.2) is 18.7 Å². The summed E-state index contributed by atoms with van der Waals surface area (Å²) in [5.41, 5.74) is 2.43. The third-order valence-corrected chi connectivity index (χ3v) is 2.62. The average molecular weight is 278 g/mol. The van der Waals surface area contributed by atoms with E-state index in [0.29, 0.717) is 18.5 Å². The van der Waals surface area contributed by atoms with Crippen LogP contribution in [0.3, 0.4) is 0 Å². The summed E-state index contributed by atoms with van der Waals surface area (Å²) < 4.78 is 6.71. The molecule has 0 saturated carbocycles. The van der Waals surface area contributed by atoms with E-state index in [2.05, 4.69) is 30.7 Å². The standard InChI is InChI=1S/C11H18N8O/c1-8(3-6-20-2)14-9-15-10(18-12)17-11(16-9)19-5-4-13-7-19/h4-5,7-8H,3,6,12H2,1-2H3,(H2,14,15,16,17,18). The fourth-order valence-corrected chi connectivity index (χ4v) is 1.57. The second-order valence-corrected chi connectivity index (χ2v) is 4.22. The topological polar surface area (TPSA) is 116 Å². The van der Waals surface area contributed by atoms with Crippen LogP contribution in [-0.4, -0.2) is 44.3 Å². The summed E-state index contributed by atoms with van der Waals surface area (Å²) >= 11 is 0. The molecular weight excluding hydrogens is 260 g/mol. The number of aromatic nitrogens is 5. The number of anilines is 2. The number of methoxy groups -OCH3 is 1. The minimum atomic E-state index is 0.165. The number of nitrogens with two attached hydrogens (primary N) is 1. The average Bonchev–Trinajstić information content (AvgIpc) is 2.99. The maximum Gasteiger partial charge on any atom is 0.243 e. The zero-order valence-electron chi connectivity index (χ0n) is 11.4. The molecular formula is C11H18N8O. The van der Waals surface area contributed by atoms with Crippen molar-refractivity contribution in [3.8, 4) is 5.95 Å². The van der Waals surface area contributed by atoms with Crippen molar-refractivity contribution in [1.82, 2.24) is 24.5 Å². The lowest BCUT2D eigenvalue weighted by Gasteiger charge is -2.14. The molecule has 108 valence electrons. The lowest BCUT2D eigenvalue weighted by molar-refractivity contribution is 0.191. The van der Waals surface area contributed by atoms with Crippen LogP contribution in [-0.2, 0) is 4.74 Å². The molecule has 0 aliphatic carbocycles. The van der Waals surface area contributed by atoms with Crippen LogP contribution in [0, 0.1) is 0 Å². The summed E-state index contributed by atoms with van der Waals surface area (Å²) in [6.07, 6.45) is 5.84. The van der Waals surface area contributed by atoms with E-state index in [0.717, 1.165) is 6.42 Å². The number of ether oxygens (including phenoxy) is 1. The van der Waals surface area contributed by atoms with E-state index in [1.165, 1.54) is 0 Å². The van der Waals surface area contributed by atoms with Crippen molar-refractivity contribution < 1.29 is 4.74 Å². The number of hydrogen-bond acceptors (Lipinski definition) is 8. The van der Waals surface area contributed by atoms with Crippen LogP contribution in [0.5, 0.6) is 0 Å². The van der Waals surface area contributed by atoms with Gasteiger partial charge in [-0.3, -0.25) is 9.99 Å². The molecule has 0 fully saturated rings. The predicted molar refractivity (Wildman–Crippen MR) is 74.3 cm³/mol. The molecule has 0 bridgehead atoms. The lowest BCUT2D eigenvalue weighted by atomic mass is 10.2. The monoisotopic (exact) mass is 278 g/mol. The highest BCUT2D eigenvalue weighted by Gasteiger charge is 2.09. The van der Waals surface area contributed by atoms with Gasteiger partial charge in [0, 0.05) is 32.2 Å². The largest absolute Gasteiger partial charge is 0.385 e. The van der Waals surface area contributed by atoms with Gasteiger partial charge in [-0.25, -0.2) is 10.8 Å². The number of nitrogens with zero attached hydrogens (tertiary/aromatic N) is 5. The van der Waals surface area contributed by atoms with Gasteiger partial charge in [-0.2, -0.15) is 15.0 Å². The smallest absolute Gasteiger partial charge is 0.243 e. The number of hydrazine groups is 1. The van der Waals surface area contributed by atoms with Crippen LogP contribution in [0.25, 0.3) is 5.95 Å². The van der Waals surface area contributed by atoms with Gasteiger partial charge in [0.1, 0.15) is 6.33 Å². The van der Waals surface area contributed by atoms with E-state index in [4.69, 9.17) is 10.6 Å². The molecule has 2 aromatic rings. The van der Waals surface area contributed by atoms with E-state index >= 15 is 0 Å². The van der Waals surface area contributed by atoms with E-state index in [1.807, 2.05) is 6.92 Å². The molecule has 4 N–H and O–H groups in total. The number of nitrogen functional groups attached to an aromatic ring is 1. The predicted octanol–water partition coefficient (Wildman–Crippen LogP) is 0.180. The Kier molecular flexibility index (Phi) is 4.80. The van der Waals surface area contributed by atoms with Gasteiger partial charge in [0.15, 0.2) is 0 Å². The first-order valence-corrected chi connectivity index (χ1v) is 6.19. The molecule has 2 rings (SSSR count). The molecule has 0 aliphatic heterocycles. The van der Waals surface area contributed by atoms with Gasteiger partial charge >= 0.3 is 0 Å². The summed E-state index contributed by atoms with van der Waals surface area (Å²) in [6.45, 7) is 2.69. The van der Waals surface area contributed by atoms with Gasteiger partial charge < -0.3 is 10.1 Å². The molecule has 2 heterocycles. The van der Waals surface area contributed by atoms with Crippen molar-refractivity contribution >= 4 is 11.9 Å². The zero-order chi connectivity index (χ0) is 14.4. The highest BCUT2D eigenvalue weighted by atomic mass is 16.5. The van der Waals surface area contributed by atoms with Gasteiger partial charge in [-0.15, -0.1) is 0 Å². The van der Waals surface area contributed by atoms with Crippen molar-refractivity contribution in [2.75, 3.05) is 24.5 Å². The summed E-state index contributed by atoms with van der Waals surface area (Å²) in [5.74, 6) is 6.54. The Bertz CT molecular complexity index is 529. The number of imidazole rings is 1. The molecule has 9 heteroatoms. The number of rotatable bonds is 7. The zero-order valence-corrected chi connectivity index (χ0v) is 11.4. The van der Waals surface area contributed by atoms with E-state index in [1.54, 1.807) is 30.4 Å². The highest BCUT2D eigenvalue weighted by molar-refractivity contribution is 5.37. The first-order valence-electron chi connectivity index (χ1n) is 6.19. The summed E-state index contributed by atoms with van der Waals surface area (Å²) in [7, 11) is 1.67. The van der Waals surface area contributed by atoms with Crippen molar-refractivity contribution in [3.63, 3.8) is 0 Å². The van der Waals surface area contributed by atoms with Gasteiger partial charge in [0.05, 0.1) is 0 Å². The number of nitrogens with one attached hydrogen (secondary N) is 2. The van der Waals surface area contributed by atoms with Gasteiger partial charge in [0.2, 0.25) is 17.8 Å². The Balaban J connectivity index is 2.18. The molecule has 0 aromatic carbocycles. The van der Waals surface area contributed by atoms with E-state index in [-0.39, 0.29) is 12.0 Å². The van der Waals surface area contributed by atoms with E-state index < -0.39 is 0 Å². The van der Waals surface area contributed by atoms with Crippen molar-refractivity contribution in [3.05, 3.63) is 18.7 Å². The van der Waals surface area contributed by atoms with Crippen LogP contribution >= 0.6 is 0 Å². The molecule has 1 unspecified atom stereocenters. The fourth-order valence-electron chi connectivity index (χ4n) is 1.57. The molecule has 0 radical (unpaired) electrons. The van der Waals surface area contributed by atoms with Gasteiger partial charge in [0.25, 0.3) is 0 Å². The van der Waals surface area contributed by atoms with Crippen molar-refractivity contribution in [2.24, 2.45) is 5.84 Å². The Morgan fingerprint density at radius 2 is 2.15 bits per heavy atom. The minimum absolute atomic E-state index is 0.165. The number of hydrogen-bond donors (Lipinski definition) is 3. The molecule has 20 heavy (non-hydrogen) atoms. The fraction of sp³-hybridized carbons (Fsp3) is 0.455. The van der Waals surface area contributed by atoms with Crippen LogP contribution < -0.4 is 16.6 Å². The third-order valence-electron chi connectivity index (χ3n) is 2.62. The second kappa shape index (κ2) is 6.78. The summed E-state index contributed by atoms with van der Waals surface area (Å²) in [6, 6.07) is 0.165. The maximum atomic E-state index is 5.38. The van der Waals surface area contributed by atoms with Crippen LogP contribution in [0.2, 0.25) is 0 Å². The Hall–Kier alpha value is -2.26. The summed E-state index contributed by atoms with van der Waals surface area (Å²) in [5, 5.41) is 3.18. The quantitative estimate of drug-likeness (QED) is 0.485. The highest BCUT2D eigenvalue weighted by Crippen LogP contribution is 2.10. The van der Waals surface area contributed by atoms with Gasteiger partial charge in [-0.1, -0.05) is 0 Å².